The number of rotatable bonds is 12. The van der Waals surface area contributed by atoms with E-state index >= 15 is 0 Å². The number of amides is 4. The average molecular weight is 797 g/mol. The first kappa shape index (κ1) is 39.6. The highest BCUT2D eigenvalue weighted by Gasteiger charge is 2.29. The zero-order valence-corrected chi connectivity index (χ0v) is 34.9. The number of thiophene rings is 2. The van der Waals surface area contributed by atoms with E-state index < -0.39 is 0 Å². The smallest absolute Gasteiger partial charge is 0.264 e. The van der Waals surface area contributed by atoms with Crippen molar-refractivity contribution in [3.63, 3.8) is 0 Å². The molecule has 0 spiro atoms. The van der Waals surface area contributed by atoms with Gasteiger partial charge in [-0.1, -0.05) is 72.8 Å². The average Bonchev–Trinajstić information content (AvgIpc) is 3.93. The van der Waals surface area contributed by atoms with Gasteiger partial charge in [0, 0.05) is 44.0 Å². The number of fused-ring (bicyclic) bond motifs is 2. The molecule has 0 unspecified atom stereocenters. The lowest BCUT2D eigenvalue weighted by molar-refractivity contribution is -0.117. The van der Waals surface area contributed by atoms with Gasteiger partial charge in [0.2, 0.25) is 11.8 Å². The summed E-state index contributed by atoms with van der Waals surface area (Å²) in [6, 6.07) is 31.0. The first-order valence-electron chi connectivity index (χ1n) is 19.5. The van der Waals surface area contributed by atoms with Crippen LogP contribution in [0.15, 0.2) is 97.1 Å². The standard InChI is InChI=1S/C47H48N4O4S2/c1-28(2)50(26-44(52)48-40-22-11-16-32-14-7-9-18-34(32)40)46(54)42-24-38(30(5)56-42)36-20-13-21-37(36)39-25-43(57-31(39)6)47(55)51(29(3)4)27-45(53)49-41-23-12-17-33-15-8-10-19-35(33)41/h7-12,14-19,22-25,28-29H,13,20-21,26-27H2,1-6H3,(H,48,52)(H,49,53). The normalized spacial score (nSPS) is 12.8. The SMILES string of the molecule is Cc1sc(C(=O)N(CC(=O)Nc2cccc3ccccc23)C(C)C)cc1C1=C(c2cc(C(=O)N(CC(=O)Nc3cccc4ccccc34)C(C)C)sc2C)CCC1. The maximum absolute atomic E-state index is 14.1. The van der Waals surface area contributed by atoms with Gasteiger partial charge in [-0.25, -0.2) is 0 Å². The van der Waals surface area contributed by atoms with E-state index in [9.17, 15) is 19.2 Å². The Kier molecular flexibility index (Phi) is 11.7. The number of carbonyl (C=O) groups excluding carboxylic acids is 4. The Bertz CT molecular complexity index is 2360. The van der Waals surface area contributed by atoms with E-state index in [0.717, 1.165) is 73.1 Å². The predicted molar refractivity (Wildman–Crippen MR) is 236 cm³/mol. The molecule has 2 N–H and O–H groups in total. The fourth-order valence-electron chi connectivity index (χ4n) is 7.73. The van der Waals surface area contributed by atoms with Crippen LogP contribution in [-0.4, -0.2) is 58.6 Å². The molecule has 0 saturated carbocycles. The Morgan fingerprint density at radius 3 is 1.37 bits per heavy atom. The van der Waals surface area contributed by atoms with E-state index in [4.69, 9.17) is 0 Å². The van der Waals surface area contributed by atoms with Crippen molar-refractivity contribution in [2.75, 3.05) is 23.7 Å². The number of aryl methyl sites for hydroxylation is 2. The van der Waals surface area contributed by atoms with E-state index in [0.29, 0.717) is 9.75 Å². The summed E-state index contributed by atoms with van der Waals surface area (Å²) in [4.78, 5) is 61.4. The van der Waals surface area contributed by atoms with Gasteiger partial charge in [-0.3, -0.25) is 19.2 Å². The number of carbonyl (C=O) groups is 4. The van der Waals surface area contributed by atoms with Crippen molar-refractivity contribution in [2.24, 2.45) is 0 Å². The predicted octanol–water partition coefficient (Wildman–Crippen LogP) is 10.8. The third-order valence-electron chi connectivity index (χ3n) is 10.6. The molecule has 0 atom stereocenters. The van der Waals surface area contributed by atoms with Crippen molar-refractivity contribution in [3.05, 3.63) is 128 Å². The van der Waals surface area contributed by atoms with Crippen LogP contribution >= 0.6 is 22.7 Å². The molecule has 4 amide bonds. The van der Waals surface area contributed by atoms with Crippen molar-refractivity contribution in [2.45, 2.75) is 72.9 Å². The molecule has 292 valence electrons. The van der Waals surface area contributed by atoms with Crippen molar-refractivity contribution in [1.82, 2.24) is 9.80 Å². The second-order valence-electron chi connectivity index (χ2n) is 15.2. The zero-order valence-electron chi connectivity index (χ0n) is 33.3. The summed E-state index contributed by atoms with van der Waals surface area (Å²) in [5.74, 6) is -0.837. The van der Waals surface area contributed by atoms with Crippen molar-refractivity contribution < 1.29 is 19.2 Å². The quantitative estimate of drug-likeness (QED) is 0.129. The summed E-state index contributed by atoms with van der Waals surface area (Å²) >= 11 is 2.92. The number of nitrogens with one attached hydrogen (secondary N) is 2. The third kappa shape index (κ3) is 8.43. The lowest BCUT2D eigenvalue weighted by Crippen LogP contribution is -2.42. The monoisotopic (exact) mass is 796 g/mol. The minimum Gasteiger partial charge on any atom is -0.326 e. The van der Waals surface area contributed by atoms with Crippen molar-refractivity contribution >= 4 is 90.4 Å². The molecule has 8 nitrogen and oxygen atoms in total. The summed E-state index contributed by atoms with van der Waals surface area (Å²) in [5, 5.41) is 10.0. The topological polar surface area (TPSA) is 98.8 Å². The molecule has 7 rings (SSSR count). The fourth-order valence-corrected chi connectivity index (χ4v) is 9.74. The van der Waals surface area contributed by atoms with Crippen LogP contribution in [0.2, 0.25) is 0 Å². The molecule has 57 heavy (non-hydrogen) atoms. The Balaban J connectivity index is 1.08. The summed E-state index contributed by atoms with van der Waals surface area (Å²) in [7, 11) is 0. The van der Waals surface area contributed by atoms with Gasteiger partial charge in [0.05, 0.1) is 9.75 Å². The maximum atomic E-state index is 14.1. The van der Waals surface area contributed by atoms with Gasteiger partial charge < -0.3 is 20.4 Å². The summed E-state index contributed by atoms with van der Waals surface area (Å²) in [5.41, 5.74) is 5.93. The largest absolute Gasteiger partial charge is 0.326 e. The summed E-state index contributed by atoms with van der Waals surface area (Å²) < 4.78 is 0. The number of hydrogen-bond acceptors (Lipinski definition) is 6. The maximum Gasteiger partial charge on any atom is 0.264 e. The lowest BCUT2D eigenvalue weighted by atomic mass is 9.97. The van der Waals surface area contributed by atoms with Crippen LogP contribution in [0.5, 0.6) is 0 Å². The molecule has 2 aromatic heterocycles. The van der Waals surface area contributed by atoms with Crippen LogP contribution in [0.3, 0.4) is 0 Å². The molecule has 2 heterocycles. The molecule has 0 radical (unpaired) electrons. The Hall–Kier alpha value is -5.58. The van der Waals surface area contributed by atoms with Gasteiger partial charge in [-0.05, 0) is 118 Å². The Morgan fingerprint density at radius 2 is 0.965 bits per heavy atom. The molecule has 0 saturated heterocycles. The van der Waals surface area contributed by atoms with Crippen LogP contribution in [0, 0.1) is 13.8 Å². The lowest BCUT2D eigenvalue weighted by Gasteiger charge is -2.25. The van der Waals surface area contributed by atoms with E-state index in [-0.39, 0.29) is 48.8 Å². The summed E-state index contributed by atoms with van der Waals surface area (Å²) in [6.45, 7) is 11.7. The highest BCUT2D eigenvalue weighted by Crippen LogP contribution is 2.45. The van der Waals surface area contributed by atoms with Crippen LogP contribution in [0.25, 0.3) is 32.7 Å². The molecule has 0 bridgehead atoms. The number of allylic oxidation sites excluding steroid dienone is 2. The third-order valence-corrected chi connectivity index (χ3v) is 12.7. The molecule has 0 aliphatic heterocycles. The number of nitrogens with zero attached hydrogens (tertiary/aromatic N) is 2. The van der Waals surface area contributed by atoms with E-state index in [1.54, 1.807) is 9.80 Å². The van der Waals surface area contributed by atoms with Crippen LogP contribution in [-0.2, 0) is 9.59 Å². The molecular weight excluding hydrogens is 749 g/mol. The highest BCUT2D eigenvalue weighted by molar-refractivity contribution is 7.14. The van der Waals surface area contributed by atoms with Crippen molar-refractivity contribution in [3.8, 4) is 0 Å². The minimum atomic E-state index is -0.248. The van der Waals surface area contributed by atoms with Gasteiger partial charge in [-0.15, -0.1) is 22.7 Å². The second kappa shape index (κ2) is 16.9. The van der Waals surface area contributed by atoms with Gasteiger partial charge in [0.1, 0.15) is 13.1 Å². The van der Waals surface area contributed by atoms with Crippen molar-refractivity contribution in [1.29, 1.82) is 0 Å². The number of anilines is 2. The van der Waals surface area contributed by atoms with Crippen LogP contribution < -0.4 is 10.6 Å². The molecule has 1 aliphatic rings. The van der Waals surface area contributed by atoms with Gasteiger partial charge in [0.15, 0.2) is 0 Å². The van der Waals surface area contributed by atoms with Gasteiger partial charge in [-0.2, -0.15) is 0 Å². The van der Waals surface area contributed by atoms with E-state index in [2.05, 4.69) is 10.6 Å². The van der Waals surface area contributed by atoms with Crippen LogP contribution in [0.4, 0.5) is 11.4 Å². The van der Waals surface area contributed by atoms with E-state index in [1.165, 1.54) is 33.8 Å². The Labute approximate surface area is 342 Å². The molecule has 0 fully saturated rings. The van der Waals surface area contributed by atoms with E-state index in [1.807, 2.05) is 139 Å². The van der Waals surface area contributed by atoms with Crippen LogP contribution in [0.1, 0.15) is 87.2 Å². The number of benzene rings is 4. The van der Waals surface area contributed by atoms with Gasteiger partial charge >= 0.3 is 0 Å². The molecule has 10 heteroatoms. The highest BCUT2D eigenvalue weighted by atomic mass is 32.1. The fraction of sp³-hybridized carbons (Fsp3) is 0.277. The molecular formula is C47H48N4O4S2. The first-order chi connectivity index (χ1) is 27.4. The zero-order chi connectivity index (χ0) is 40.4. The molecule has 4 aromatic carbocycles. The Morgan fingerprint density at radius 1 is 0.579 bits per heavy atom. The summed E-state index contributed by atoms with van der Waals surface area (Å²) in [6.07, 6.45) is 2.71. The molecule has 6 aromatic rings. The first-order valence-corrected chi connectivity index (χ1v) is 21.1. The van der Waals surface area contributed by atoms with Gasteiger partial charge in [0.25, 0.3) is 11.8 Å². The minimum absolute atomic E-state index is 0.0664. The second-order valence-corrected chi connectivity index (χ2v) is 17.7. The molecule has 1 aliphatic carbocycles. The number of hydrogen-bond donors (Lipinski definition) is 2.